The highest BCUT2D eigenvalue weighted by atomic mass is 19.1. The van der Waals surface area contributed by atoms with Crippen molar-refractivity contribution in [2.24, 2.45) is 0 Å². The fraction of sp³-hybridized carbons (Fsp3) is 0.200. The van der Waals surface area contributed by atoms with E-state index in [0.717, 1.165) is 11.1 Å². The van der Waals surface area contributed by atoms with Gasteiger partial charge in [0.15, 0.2) is 6.10 Å². The predicted molar refractivity (Wildman–Crippen MR) is 116 cm³/mol. The lowest BCUT2D eigenvalue weighted by molar-refractivity contribution is -0.161. The Morgan fingerprint density at radius 3 is 2.29 bits per heavy atom. The smallest absolute Gasteiger partial charge is 0.348 e. The average molecular weight is 421 g/mol. The van der Waals surface area contributed by atoms with Gasteiger partial charge in [-0.3, -0.25) is 4.79 Å². The van der Waals surface area contributed by atoms with Crippen molar-refractivity contribution in [3.63, 3.8) is 0 Å². The molecule has 3 aromatic rings. The van der Waals surface area contributed by atoms with E-state index in [1.54, 1.807) is 24.3 Å². The molecule has 0 aliphatic carbocycles. The van der Waals surface area contributed by atoms with E-state index in [9.17, 15) is 14.0 Å². The molecule has 2 atom stereocenters. The number of nitrogens with one attached hydrogen (secondary N) is 1. The Labute approximate surface area is 180 Å². The van der Waals surface area contributed by atoms with Crippen LogP contribution in [0.2, 0.25) is 0 Å². The van der Waals surface area contributed by atoms with Gasteiger partial charge >= 0.3 is 5.97 Å². The topological polar surface area (TPSA) is 64.6 Å². The van der Waals surface area contributed by atoms with Crippen molar-refractivity contribution in [3.8, 4) is 5.75 Å². The maximum atomic E-state index is 13.1. The highest BCUT2D eigenvalue weighted by molar-refractivity contribution is 5.97. The van der Waals surface area contributed by atoms with Crippen LogP contribution in [0.25, 0.3) is 0 Å². The first-order chi connectivity index (χ1) is 14.8. The first kappa shape index (κ1) is 22.0. The largest absolute Gasteiger partial charge is 0.479 e. The number of amides is 1. The first-order valence-electron chi connectivity index (χ1n) is 9.89. The van der Waals surface area contributed by atoms with Crippen LogP contribution < -0.4 is 10.1 Å². The van der Waals surface area contributed by atoms with Gasteiger partial charge in [0.1, 0.15) is 11.6 Å². The lowest BCUT2D eigenvalue weighted by Crippen LogP contribution is -2.32. The zero-order valence-electron chi connectivity index (χ0n) is 17.6. The van der Waals surface area contributed by atoms with E-state index in [-0.39, 0.29) is 0 Å². The van der Waals surface area contributed by atoms with Crippen LogP contribution in [0.4, 0.5) is 10.1 Å². The molecule has 0 aliphatic heterocycles. The van der Waals surface area contributed by atoms with Crippen molar-refractivity contribution in [1.29, 1.82) is 0 Å². The quantitative estimate of drug-likeness (QED) is 0.537. The second kappa shape index (κ2) is 9.89. The number of hydrogen-bond donors (Lipinski definition) is 1. The molecule has 0 bridgehead atoms. The van der Waals surface area contributed by atoms with Crippen LogP contribution >= 0.6 is 0 Å². The highest BCUT2D eigenvalue weighted by Crippen LogP contribution is 2.24. The van der Waals surface area contributed by atoms with Gasteiger partial charge < -0.3 is 14.8 Å². The number of benzene rings is 3. The summed E-state index contributed by atoms with van der Waals surface area (Å²) in [6, 6.07) is 19.8. The molecule has 3 rings (SSSR count). The fourth-order valence-electron chi connectivity index (χ4n) is 2.95. The Morgan fingerprint density at radius 1 is 0.935 bits per heavy atom. The number of ether oxygens (including phenoxy) is 2. The van der Waals surface area contributed by atoms with Crippen LogP contribution in [0.15, 0.2) is 72.8 Å². The Hall–Kier alpha value is -3.67. The lowest BCUT2D eigenvalue weighted by atomic mass is 10.1. The molecule has 1 amide bonds. The molecule has 0 radical (unpaired) electrons. The summed E-state index contributed by atoms with van der Waals surface area (Å²) >= 11 is 0. The summed E-state index contributed by atoms with van der Waals surface area (Å²) in [5.74, 6) is -1.27. The van der Waals surface area contributed by atoms with Crippen molar-refractivity contribution >= 4 is 17.6 Å². The SMILES string of the molecule is Cc1ccc(C)c(NC(=O)[C@H](OC(=O)[C@@H](C)Oc2ccc(F)cc2)c2ccccc2)c1. The van der Waals surface area contributed by atoms with Crippen molar-refractivity contribution in [1.82, 2.24) is 0 Å². The zero-order valence-corrected chi connectivity index (χ0v) is 17.6. The number of anilines is 1. The molecule has 3 aromatic carbocycles. The van der Waals surface area contributed by atoms with Gasteiger partial charge in [-0.2, -0.15) is 0 Å². The molecule has 0 saturated carbocycles. The van der Waals surface area contributed by atoms with Crippen molar-refractivity contribution in [2.45, 2.75) is 33.0 Å². The molecular formula is C25H24FNO4. The first-order valence-corrected chi connectivity index (χ1v) is 9.89. The summed E-state index contributed by atoms with van der Waals surface area (Å²) in [6.45, 7) is 5.33. The summed E-state index contributed by atoms with van der Waals surface area (Å²) in [5, 5.41) is 2.85. The van der Waals surface area contributed by atoms with E-state index in [0.29, 0.717) is 17.0 Å². The molecule has 0 aliphatic rings. The summed E-state index contributed by atoms with van der Waals surface area (Å²) in [5.41, 5.74) is 3.07. The van der Waals surface area contributed by atoms with Gasteiger partial charge in [-0.05, 0) is 62.2 Å². The summed E-state index contributed by atoms with van der Waals surface area (Å²) < 4.78 is 24.1. The summed E-state index contributed by atoms with van der Waals surface area (Å²) in [6.07, 6.45) is -2.15. The molecule has 0 saturated heterocycles. The average Bonchev–Trinajstić information content (AvgIpc) is 2.76. The van der Waals surface area contributed by atoms with Gasteiger partial charge in [0.25, 0.3) is 5.91 Å². The molecule has 0 heterocycles. The van der Waals surface area contributed by atoms with E-state index in [1.165, 1.54) is 31.2 Å². The van der Waals surface area contributed by atoms with Gasteiger partial charge in [0, 0.05) is 11.3 Å². The number of esters is 1. The highest BCUT2D eigenvalue weighted by Gasteiger charge is 2.28. The lowest BCUT2D eigenvalue weighted by Gasteiger charge is -2.21. The maximum absolute atomic E-state index is 13.1. The number of aryl methyl sites for hydroxylation is 2. The zero-order chi connectivity index (χ0) is 22.4. The molecule has 31 heavy (non-hydrogen) atoms. The van der Waals surface area contributed by atoms with Crippen LogP contribution in [0, 0.1) is 19.7 Å². The predicted octanol–water partition coefficient (Wildman–Crippen LogP) is 5.13. The number of carbonyl (C=O) groups excluding carboxylic acids is 2. The van der Waals surface area contributed by atoms with E-state index in [1.807, 2.05) is 38.1 Å². The molecule has 0 aromatic heterocycles. The maximum Gasteiger partial charge on any atom is 0.348 e. The minimum absolute atomic E-state index is 0.321. The molecule has 160 valence electrons. The van der Waals surface area contributed by atoms with Gasteiger partial charge in [-0.15, -0.1) is 0 Å². The third kappa shape index (κ3) is 5.92. The van der Waals surface area contributed by atoms with Gasteiger partial charge in [-0.25, -0.2) is 9.18 Å². The van der Waals surface area contributed by atoms with Crippen LogP contribution in [0.1, 0.15) is 29.7 Å². The normalized spacial score (nSPS) is 12.5. The van der Waals surface area contributed by atoms with Crippen LogP contribution in [0.5, 0.6) is 5.75 Å². The van der Waals surface area contributed by atoms with Crippen LogP contribution in [-0.2, 0) is 14.3 Å². The third-order valence-corrected chi connectivity index (χ3v) is 4.68. The summed E-state index contributed by atoms with van der Waals surface area (Å²) in [4.78, 5) is 25.7. The molecule has 1 N–H and O–H groups in total. The number of rotatable bonds is 7. The number of carbonyl (C=O) groups is 2. The molecule has 0 unspecified atom stereocenters. The number of hydrogen-bond acceptors (Lipinski definition) is 4. The second-order valence-electron chi connectivity index (χ2n) is 7.25. The Morgan fingerprint density at radius 2 is 1.61 bits per heavy atom. The van der Waals surface area contributed by atoms with E-state index >= 15 is 0 Å². The van der Waals surface area contributed by atoms with E-state index in [2.05, 4.69) is 5.32 Å². The minimum Gasteiger partial charge on any atom is -0.479 e. The molecule has 6 heteroatoms. The van der Waals surface area contributed by atoms with Crippen molar-refractivity contribution in [3.05, 3.63) is 95.3 Å². The molecule has 0 spiro atoms. The fourth-order valence-corrected chi connectivity index (χ4v) is 2.95. The third-order valence-electron chi connectivity index (χ3n) is 4.68. The van der Waals surface area contributed by atoms with Crippen molar-refractivity contribution in [2.75, 3.05) is 5.32 Å². The molecule has 0 fully saturated rings. The van der Waals surface area contributed by atoms with Gasteiger partial charge in [-0.1, -0.05) is 42.5 Å². The van der Waals surface area contributed by atoms with E-state index in [4.69, 9.17) is 9.47 Å². The van der Waals surface area contributed by atoms with Gasteiger partial charge in [0.2, 0.25) is 6.10 Å². The molecular weight excluding hydrogens is 397 g/mol. The van der Waals surface area contributed by atoms with Crippen LogP contribution in [0.3, 0.4) is 0 Å². The van der Waals surface area contributed by atoms with E-state index < -0.39 is 29.9 Å². The van der Waals surface area contributed by atoms with Gasteiger partial charge in [0.05, 0.1) is 0 Å². The second-order valence-corrected chi connectivity index (χ2v) is 7.25. The Balaban J connectivity index is 1.77. The summed E-state index contributed by atoms with van der Waals surface area (Å²) in [7, 11) is 0. The number of halogens is 1. The van der Waals surface area contributed by atoms with Crippen molar-refractivity contribution < 1.29 is 23.5 Å². The molecule has 5 nitrogen and oxygen atoms in total. The Bertz CT molecular complexity index is 1050. The minimum atomic E-state index is -1.16. The standard InChI is InChI=1S/C25H24FNO4/c1-16-9-10-17(2)22(15-16)27-24(28)23(19-7-5-4-6-8-19)31-25(29)18(3)30-21-13-11-20(26)12-14-21/h4-15,18,23H,1-3H3,(H,27,28)/t18-,23-/m1/s1. The Kier molecular flexibility index (Phi) is 7.03. The monoisotopic (exact) mass is 421 g/mol. The van der Waals surface area contributed by atoms with Crippen LogP contribution in [-0.4, -0.2) is 18.0 Å².